The van der Waals surface area contributed by atoms with Crippen molar-refractivity contribution in [3.05, 3.63) is 47.8 Å². The predicted octanol–water partition coefficient (Wildman–Crippen LogP) is 0.554. The van der Waals surface area contributed by atoms with Gasteiger partial charge in [-0.25, -0.2) is 9.67 Å². The number of hydrogen-bond acceptors (Lipinski definition) is 6. The minimum atomic E-state index is -1.68. The number of anilines is 1. The van der Waals surface area contributed by atoms with Crippen LogP contribution in [-0.4, -0.2) is 50.4 Å². The number of nitrogens with two attached hydrogens (primary N) is 1. The highest BCUT2D eigenvalue weighted by Gasteiger charge is 2.38. The van der Waals surface area contributed by atoms with Crippen molar-refractivity contribution < 1.29 is 14.7 Å². The highest BCUT2D eigenvalue weighted by atomic mass is 16.3. The molecule has 0 bridgehead atoms. The second kappa shape index (κ2) is 7.50. The summed E-state index contributed by atoms with van der Waals surface area (Å²) in [5, 5.41) is 21.0. The molecule has 0 aliphatic carbocycles. The van der Waals surface area contributed by atoms with Gasteiger partial charge in [-0.05, 0) is 31.2 Å². The van der Waals surface area contributed by atoms with E-state index in [0.717, 1.165) is 0 Å². The summed E-state index contributed by atoms with van der Waals surface area (Å²) in [5.74, 6) is 4.90. The first-order chi connectivity index (χ1) is 14.4. The molecule has 0 unspecified atom stereocenters. The van der Waals surface area contributed by atoms with Gasteiger partial charge in [-0.15, -0.1) is 0 Å². The van der Waals surface area contributed by atoms with Crippen molar-refractivity contribution in [2.75, 3.05) is 18.4 Å². The summed E-state index contributed by atoms with van der Waals surface area (Å²) >= 11 is 0. The highest BCUT2D eigenvalue weighted by molar-refractivity contribution is 6.08. The van der Waals surface area contributed by atoms with Gasteiger partial charge in [0.1, 0.15) is 5.82 Å². The Hall–Kier alpha value is -3.90. The van der Waals surface area contributed by atoms with E-state index >= 15 is 0 Å². The Bertz CT molecular complexity index is 1220. The van der Waals surface area contributed by atoms with Crippen LogP contribution in [0.3, 0.4) is 0 Å². The van der Waals surface area contributed by atoms with Gasteiger partial charge in [0.25, 0.3) is 11.8 Å². The molecule has 5 N–H and O–H groups in total. The minimum Gasteiger partial charge on any atom is -0.370 e. The lowest BCUT2D eigenvalue weighted by Gasteiger charge is -2.10. The van der Waals surface area contributed by atoms with Gasteiger partial charge in [0.2, 0.25) is 5.60 Å². The van der Waals surface area contributed by atoms with Crippen LogP contribution in [0, 0.1) is 11.8 Å². The molecule has 30 heavy (non-hydrogen) atoms. The number of amides is 2. The Kier molecular flexibility index (Phi) is 4.85. The number of nitrogens with zero attached hydrogens (tertiary/aromatic N) is 3. The zero-order chi connectivity index (χ0) is 21.3. The van der Waals surface area contributed by atoms with E-state index in [1.165, 1.54) is 0 Å². The van der Waals surface area contributed by atoms with E-state index in [2.05, 4.69) is 32.6 Å². The van der Waals surface area contributed by atoms with Crippen molar-refractivity contribution in [1.82, 2.24) is 20.1 Å². The lowest BCUT2D eigenvalue weighted by atomic mass is 10.0. The fraction of sp³-hybridized carbons (Fsp3) is 0.238. The number of carbonyl (C=O) groups excluding carboxylic acids is 2. The maximum absolute atomic E-state index is 12.0. The molecule has 152 valence electrons. The number of hydrogen-bond donors (Lipinski definition) is 4. The number of fused-ring (bicyclic) bond motifs is 1. The van der Waals surface area contributed by atoms with Crippen molar-refractivity contribution in [1.29, 1.82) is 0 Å². The number of nitrogens with one attached hydrogen (secondary N) is 2. The predicted molar refractivity (Wildman–Crippen MR) is 111 cm³/mol. The van der Waals surface area contributed by atoms with Crippen LogP contribution in [0.25, 0.3) is 16.6 Å². The van der Waals surface area contributed by atoms with Crippen LogP contribution >= 0.6 is 0 Å². The molecule has 1 fully saturated rings. The molecule has 1 aromatic carbocycles. The fourth-order valence-corrected chi connectivity index (χ4v) is 3.36. The summed E-state index contributed by atoms with van der Waals surface area (Å²) in [6, 6.07) is 8.86. The molecule has 9 heteroatoms. The molecule has 1 saturated heterocycles. The molecule has 1 aliphatic rings. The van der Waals surface area contributed by atoms with E-state index in [4.69, 9.17) is 5.73 Å². The van der Waals surface area contributed by atoms with Crippen molar-refractivity contribution in [3.63, 3.8) is 0 Å². The average Bonchev–Trinajstić information content (AvgIpc) is 3.29. The number of primary amides is 1. The van der Waals surface area contributed by atoms with Crippen LogP contribution in [0.5, 0.6) is 0 Å². The van der Waals surface area contributed by atoms with Crippen molar-refractivity contribution in [3.8, 4) is 17.5 Å². The quantitative estimate of drug-likeness (QED) is 0.469. The van der Waals surface area contributed by atoms with Crippen LogP contribution in [-0.2, 0) is 4.79 Å². The molecule has 1 atom stereocenters. The van der Waals surface area contributed by atoms with Crippen molar-refractivity contribution in [2.24, 2.45) is 5.73 Å². The molecule has 9 nitrogen and oxygen atoms in total. The molecule has 0 radical (unpaired) electrons. The summed E-state index contributed by atoms with van der Waals surface area (Å²) in [6.07, 6.45) is 1.87. The summed E-state index contributed by atoms with van der Waals surface area (Å²) in [6.45, 7) is 2.94. The monoisotopic (exact) mass is 404 g/mol. The summed E-state index contributed by atoms with van der Waals surface area (Å²) in [4.78, 5) is 28.1. The third kappa shape index (κ3) is 3.33. The Labute approximate surface area is 172 Å². The molecule has 4 rings (SSSR count). The first kappa shape index (κ1) is 19.4. The number of pyridine rings is 1. The Morgan fingerprint density at radius 2 is 2.27 bits per heavy atom. The maximum Gasteiger partial charge on any atom is 0.270 e. The SMILES string of the molecule is CCNc1nccc2c1c(C(N)=O)nn2-c1cccc(C#C[C@]2(O)CCNC2=O)c1. The normalized spacial score (nSPS) is 18.0. The number of aliphatic hydroxyl groups is 1. The van der Waals surface area contributed by atoms with Gasteiger partial charge in [0.05, 0.1) is 16.6 Å². The van der Waals surface area contributed by atoms with E-state index in [1.807, 2.05) is 13.0 Å². The highest BCUT2D eigenvalue weighted by Crippen LogP contribution is 2.27. The van der Waals surface area contributed by atoms with Crippen LogP contribution in [0.1, 0.15) is 29.4 Å². The molecule has 2 aromatic heterocycles. The Morgan fingerprint density at radius 3 is 2.97 bits per heavy atom. The van der Waals surface area contributed by atoms with E-state index < -0.39 is 17.4 Å². The van der Waals surface area contributed by atoms with E-state index in [0.29, 0.717) is 41.1 Å². The molecular formula is C21H20N6O3. The molecule has 3 aromatic rings. The minimum absolute atomic E-state index is 0.113. The Balaban J connectivity index is 1.81. The van der Waals surface area contributed by atoms with Crippen molar-refractivity contribution in [2.45, 2.75) is 18.9 Å². The van der Waals surface area contributed by atoms with E-state index in [9.17, 15) is 14.7 Å². The fourth-order valence-electron chi connectivity index (χ4n) is 3.36. The van der Waals surface area contributed by atoms with Gasteiger partial charge in [-0.1, -0.05) is 17.9 Å². The molecule has 1 aliphatic heterocycles. The third-order valence-corrected chi connectivity index (χ3v) is 4.82. The lowest BCUT2D eigenvalue weighted by Crippen LogP contribution is -2.36. The van der Waals surface area contributed by atoms with Gasteiger partial charge in [-0.2, -0.15) is 5.10 Å². The second-order valence-corrected chi connectivity index (χ2v) is 6.88. The molecule has 3 heterocycles. The van der Waals surface area contributed by atoms with Crippen LogP contribution < -0.4 is 16.4 Å². The second-order valence-electron chi connectivity index (χ2n) is 6.88. The smallest absolute Gasteiger partial charge is 0.270 e. The number of rotatable bonds is 4. The van der Waals surface area contributed by atoms with Crippen LogP contribution in [0.2, 0.25) is 0 Å². The van der Waals surface area contributed by atoms with E-state index in [1.54, 1.807) is 35.1 Å². The summed E-state index contributed by atoms with van der Waals surface area (Å²) in [7, 11) is 0. The standard InChI is InChI=1S/C21H20N6O3/c1-2-23-19-16-15(7-10-24-19)27(26-17(16)18(22)28)14-5-3-4-13(12-14)6-8-21(30)9-11-25-20(21)29/h3-5,7,10,12,30H,2,9,11H2,1H3,(H2,22,28)(H,23,24)(H,25,29)/t21-/m0/s1. The topological polar surface area (TPSA) is 135 Å². The number of carbonyl (C=O) groups is 2. The van der Waals surface area contributed by atoms with Crippen LogP contribution in [0.15, 0.2) is 36.5 Å². The maximum atomic E-state index is 12.0. The molecular weight excluding hydrogens is 384 g/mol. The summed E-state index contributed by atoms with van der Waals surface area (Å²) < 4.78 is 1.60. The van der Waals surface area contributed by atoms with Gasteiger partial charge < -0.3 is 21.5 Å². The zero-order valence-corrected chi connectivity index (χ0v) is 16.3. The summed E-state index contributed by atoms with van der Waals surface area (Å²) in [5.41, 5.74) is 5.88. The lowest BCUT2D eigenvalue weighted by molar-refractivity contribution is -0.130. The Morgan fingerprint density at radius 1 is 1.43 bits per heavy atom. The van der Waals surface area contributed by atoms with E-state index in [-0.39, 0.29) is 12.1 Å². The third-order valence-electron chi connectivity index (χ3n) is 4.82. The average molecular weight is 404 g/mol. The first-order valence-electron chi connectivity index (χ1n) is 9.48. The number of aromatic nitrogens is 3. The number of benzene rings is 1. The van der Waals surface area contributed by atoms with Crippen LogP contribution in [0.4, 0.5) is 5.82 Å². The molecule has 0 spiro atoms. The van der Waals surface area contributed by atoms with Gasteiger partial charge in [0.15, 0.2) is 5.69 Å². The van der Waals surface area contributed by atoms with Gasteiger partial charge in [-0.3, -0.25) is 9.59 Å². The molecule has 2 amide bonds. The zero-order valence-electron chi connectivity index (χ0n) is 16.3. The van der Waals surface area contributed by atoms with Gasteiger partial charge >= 0.3 is 0 Å². The molecule has 0 saturated carbocycles. The largest absolute Gasteiger partial charge is 0.370 e. The van der Waals surface area contributed by atoms with Crippen molar-refractivity contribution >= 4 is 28.5 Å². The first-order valence-corrected chi connectivity index (χ1v) is 9.48. The van der Waals surface area contributed by atoms with Gasteiger partial charge in [0, 0.05) is 31.3 Å².